The molecule has 144 valence electrons. The van der Waals surface area contributed by atoms with Crippen LogP contribution in [0, 0.1) is 0 Å². The summed E-state index contributed by atoms with van der Waals surface area (Å²) in [4.78, 5) is 22.8. The van der Waals surface area contributed by atoms with Gasteiger partial charge in [0.05, 0.1) is 16.6 Å². The minimum absolute atomic E-state index is 0.0712. The Morgan fingerprint density at radius 2 is 1.78 bits per heavy atom. The van der Waals surface area contributed by atoms with Crippen molar-refractivity contribution in [3.63, 3.8) is 0 Å². The molecule has 0 spiro atoms. The molecule has 0 aliphatic rings. The van der Waals surface area contributed by atoms with Crippen LogP contribution in [0.2, 0.25) is 0 Å². The summed E-state index contributed by atoms with van der Waals surface area (Å²) in [6.45, 7) is 6.90. The third-order valence-corrected chi connectivity index (χ3v) is 4.64. The Kier molecular flexibility index (Phi) is 7.02. The molecule has 27 heavy (non-hydrogen) atoms. The number of anilines is 1. The monoisotopic (exact) mass is 433 g/mol. The number of carbonyl (C=O) groups is 2. The molecule has 0 atom stereocenters. The molecule has 0 aliphatic heterocycles. The first-order valence-corrected chi connectivity index (χ1v) is 9.52. The highest BCUT2D eigenvalue weighted by atomic mass is 79.9. The van der Waals surface area contributed by atoms with E-state index in [-0.39, 0.29) is 16.9 Å². The number of aromatic carboxylic acids is 1. The zero-order chi connectivity index (χ0) is 20.0. The Balaban J connectivity index is 1.78. The molecule has 2 aromatic carbocycles. The summed E-state index contributed by atoms with van der Waals surface area (Å²) in [5.74, 6) is -0.372. The van der Waals surface area contributed by atoms with E-state index in [9.17, 15) is 9.59 Å². The number of ether oxygens (including phenoxy) is 1. The molecule has 0 saturated heterocycles. The summed E-state index contributed by atoms with van der Waals surface area (Å²) in [7, 11) is 0. The van der Waals surface area contributed by atoms with Gasteiger partial charge in [-0.2, -0.15) is 0 Å². The average molecular weight is 434 g/mol. The number of nitrogens with one attached hydrogen (secondary N) is 1. The van der Waals surface area contributed by atoms with Crippen LogP contribution in [0.3, 0.4) is 0 Å². The van der Waals surface area contributed by atoms with Gasteiger partial charge in [0.1, 0.15) is 5.75 Å². The Bertz CT molecular complexity index is 810. The van der Waals surface area contributed by atoms with Gasteiger partial charge in [0.25, 0.3) is 0 Å². The van der Waals surface area contributed by atoms with Crippen molar-refractivity contribution >= 4 is 33.5 Å². The molecule has 2 aromatic rings. The lowest BCUT2D eigenvalue weighted by atomic mass is 9.87. The van der Waals surface area contributed by atoms with E-state index in [1.165, 1.54) is 17.7 Å². The van der Waals surface area contributed by atoms with Crippen molar-refractivity contribution in [2.75, 3.05) is 11.9 Å². The van der Waals surface area contributed by atoms with Crippen molar-refractivity contribution in [3.8, 4) is 5.75 Å². The topological polar surface area (TPSA) is 75.6 Å². The molecule has 2 rings (SSSR count). The second kappa shape index (κ2) is 9.04. The molecule has 2 N–H and O–H groups in total. The molecule has 5 nitrogen and oxygen atoms in total. The van der Waals surface area contributed by atoms with Crippen LogP contribution in [0.5, 0.6) is 5.75 Å². The van der Waals surface area contributed by atoms with Crippen LogP contribution in [-0.2, 0) is 10.2 Å². The zero-order valence-electron chi connectivity index (χ0n) is 15.7. The second-order valence-electron chi connectivity index (χ2n) is 7.28. The number of rotatable bonds is 7. The number of hydrogen-bond acceptors (Lipinski definition) is 3. The molecule has 0 saturated carbocycles. The number of carbonyl (C=O) groups excluding carboxylic acids is 1. The van der Waals surface area contributed by atoms with Crippen LogP contribution in [0.1, 0.15) is 49.5 Å². The predicted octanol–water partition coefficient (Wildman–Crippen LogP) is 5.24. The number of carboxylic acids is 1. The standard InChI is InChI=1S/C21H24BrNO4/c1-21(2,3)15-8-11-18(17(22)13-15)27-12-4-5-19(24)23-16-9-6-14(7-10-16)20(25)26/h6-11,13H,4-5,12H2,1-3H3,(H,23,24)(H,25,26). The molecule has 0 fully saturated rings. The summed E-state index contributed by atoms with van der Waals surface area (Å²) in [6.07, 6.45) is 0.894. The molecule has 0 radical (unpaired) electrons. The van der Waals surface area contributed by atoms with Gasteiger partial charge in [0.2, 0.25) is 5.91 Å². The van der Waals surface area contributed by atoms with Gasteiger partial charge in [-0.05, 0) is 69.7 Å². The number of halogens is 1. The van der Waals surface area contributed by atoms with E-state index >= 15 is 0 Å². The van der Waals surface area contributed by atoms with E-state index in [2.05, 4.69) is 48.1 Å². The number of hydrogen-bond donors (Lipinski definition) is 2. The summed E-state index contributed by atoms with van der Waals surface area (Å²) in [6, 6.07) is 12.1. The molecule has 1 amide bonds. The minimum Gasteiger partial charge on any atom is -0.492 e. The fourth-order valence-electron chi connectivity index (χ4n) is 2.42. The Hall–Kier alpha value is -2.34. The highest BCUT2D eigenvalue weighted by Crippen LogP contribution is 2.31. The lowest BCUT2D eigenvalue weighted by Crippen LogP contribution is -2.13. The molecule has 0 bridgehead atoms. The molecule has 0 aliphatic carbocycles. The normalized spacial score (nSPS) is 11.1. The summed E-state index contributed by atoms with van der Waals surface area (Å²) < 4.78 is 6.66. The van der Waals surface area contributed by atoms with Gasteiger partial charge < -0.3 is 15.2 Å². The summed E-state index contributed by atoms with van der Waals surface area (Å²) in [5, 5.41) is 11.6. The quantitative estimate of drug-likeness (QED) is 0.585. The van der Waals surface area contributed by atoms with Gasteiger partial charge >= 0.3 is 5.97 Å². The maximum absolute atomic E-state index is 12.0. The largest absolute Gasteiger partial charge is 0.492 e. The maximum Gasteiger partial charge on any atom is 0.335 e. The minimum atomic E-state index is -0.994. The van der Waals surface area contributed by atoms with Gasteiger partial charge in [-0.15, -0.1) is 0 Å². The smallest absolute Gasteiger partial charge is 0.335 e. The highest BCUT2D eigenvalue weighted by Gasteiger charge is 2.15. The fraction of sp³-hybridized carbons (Fsp3) is 0.333. The van der Waals surface area contributed by atoms with Crippen LogP contribution >= 0.6 is 15.9 Å². The van der Waals surface area contributed by atoms with Crippen LogP contribution in [0.25, 0.3) is 0 Å². The van der Waals surface area contributed by atoms with Gasteiger partial charge in [-0.25, -0.2) is 4.79 Å². The molecule has 0 heterocycles. The van der Waals surface area contributed by atoms with E-state index in [0.717, 1.165) is 10.2 Å². The van der Waals surface area contributed by atoms with Gasteiger partial charge in [-0.3, -0.25) is 4.79 Å². The van der Waals surface area contributed by atoms with Crippen LogP contribution in [0.15, 0.2) is 46.9 Å². The van der Waals surface area contributed by atoms with Crippen molar-refractivity contribution in [3.05, 3.63) is 58.1 Å². The number of carboxylic acid groups (broad SMARTS) is 1. The Morgan fingerprint density at radius 1 is 1.11 bits per heavy atom. The van der Waals surface area contributed by atoms with Crippen LogP contribution in [-0.4, -0.2) is 23.6 Å². The predicted molar refractivity (Wildman–Crippen MR) is 110 cm³/mol. The van der Waals surface area contributed by atoms with Crippen molar-refractivity contribution < 1.29 is 19.4 Å². The lowest BCUT2D eigenvalue weighted by Gasteiger charge is -2.20. The average Bonchev–Trinajstić information content (AvgIpc) is 2.59. The van der Waals surface area contributed by atoms with E-state index in [1.54, 1.807) is 12.1 Å². The number of amides is 1. The van der Waals surface area contributed by atoms with Crippen LogP contribution in [0.4, 0.5) is 5.69 Å². The third kappa shape index (κ3) is 6.40. The molecule has 0 aromatic heterocycles. The van der Waals surface area contributed by atoms with Crippen molar-refractivity contribution in [1.29, 1.82) is 0 Å². The number of benzene rings is 2. The Labute approximate surface area is 167 Å². The molecular weight excluding hydrogens is 410 g/mol. The van der Waals surface area contributed by atoms with Gasteiger partial charge in [0.15, 0.2) is 0 Å². The first kappa shape index (κ1) is 21.0. The summed E-state index contributed by atoms with van der Waals surface area (Å²) >= 11 is 3.53. The second-order valence-corrected chi connectivity index (χ2v) is 8.13. The van der Waals surface area contributed by atoms with E-state index in [4.69, 9.17) is 9.84 Å². The van der Waals surface area contributed by atoms with Gasteiger partial charge in [0, 0.05) is 12.1 Å². The van der Waals surface area contributed by atoms with E-state index in [0.29, 0.717) is 25.1 Å². The third-order valence-electron chi connectivity index (χ3n) is 4.02. The zero-order valence-corrected chi connectivity index (χ0v) is 17.3. The molecule has 6 heteroatoms. The van der Waals surface area contributed by atoms with Crippen molar-refractivity contribution in [1.82, 2.24) is 0 Å². The van der Waals surface area contributed by atoms with Crippen molar-refractivity contribution in [2.45, 2.75) is 39.0 Å². The van der Waals surface area contributed by atoms with Crippen molar-refractivity contribution in [2.24, 2.45) is 0 Å². The van der Waals surface area contributed by atoms with E-state index < -0.39 is 5.97 Å². The molecule has 0 unspecified atom stereocenters. The summed E-state index contributed by atoms with van der Waals surface area (Å²) in [5.41, 5.74) is 2.05. The maximum atomic E-state index is 12.0. The first-order valence-electron chi connectivity index (χ1n) is 8.73. The SMILES string of the molecule is CC(C)(C)c1ccc(OCCCC(=O)Nc2ccc(C(=O)O)cc2)c(Br)c1. The van der Waals surface area contributed by atoms with Crippen LogP contribution < -0.4 is 10.1 Å². The highest BCUT2D eigenvalue weighted by molar-refractivity contribution is 9.10. The van der Waals surface area contributed by atoms with E-state index in [1.807, 2.05) is 12.1 Å². The first-order chi connectivity index (χ1) is 12.7. The lowest BCUT2D eigenvalue weighted by molar-refractivity contribution is -0.116. The fourth-order valence-corrected chi connectivity index (χ4v) is 2.91. The van der Waals surface area contributed by atoms with Gasteiger partial charge in [-0.1, -0.05) is 26.8 Å². The molecular formula is C21H24BrNO4. The Morgan fingerprint density at radius 3 is 2.33 bits per heavy atom.